The average molecular weight is 224 g/mol. The molecular weight excluding hydrogens is 203 g/mol. The second-order valence-electron chi connectivity index (χ2n) is 5.10. The third kappa shape index (κ3) is 4.43. The van der Waals surface area contributed by atoms with Crippen LogP contribution in [0, 0.1) is 0 Å². The summed E-state index contributed by atoms with van der Waals surface area (Å²) in [6.45, 7) is 9.79. The van der Waals surface area contributed by atoms with Gasteiger partial charge in [-0.3, -0.25) is 0 Å². The van der Waals surface area contributed by atoms with Crippen molar-refractivity contribution in [3.05, 3.63) is 0 Å². The fourth-order valence-electron chi connectivity index (χ4n) is 1.66. The first-order valence-corrected chi connectivity index (χ1v) is 5.83. The van der Waals surface area contributed by atoms with Crippen LogP contribution in [0.25, 0.3) is 0 Å². The van der Waals surface area contributed by atoms with E-state index >= 15 is 0 Å². The van der Waals surface area contributed by atoms with E-state index in [9.17, 15) is 4.79 Å². The second-order valence-corrected chi connectivity index (χ2v) is 5.10. The van der Waals surface area contributed by atoms with Crippen molar-refractivity contribution >= 4 is 13.9 Å². The molecule has 1 saturated heterocycles. The molecule has 1 aliphatic rings. The highest BCUT2D eigenvalue weighted by Crippen LogP contribution is 2.11. The Morgan fingerprint density at radius 3 is 2.25 bits per heavy atom. The lowest BCUT2D eigenvalue weighted by Crippen LogP contribution is -2.50. The van der Waals surface area contributed by atoms with Gasteiger partial charge in [-0.15, -0.1) is 0 Å². The molecule has 16 heavy (non-hydrogen) atoms. The van der Waals surface area contributed by atoms with Crippen LogP contribution in [0.3, 0.4) is 0 Å². The van der Waals surface area contributed by atoms with Crippen LogP contribution >= 0.6 is 0 Å². The summed E-state index contributed by atoms with van der Waals surface area (Å²) < 4.78 is 5.32. The van der Waals surface area contributed by atoms with Crippen molar-refractivity contribution in [3.8, 4) is 0 Å². The Bertz CT molecular complexity index is 233. The van der Waals surface area contributed by atoms with E-state index in [2.05, 4.69) is 4.90 Å². The fourth-order valence-corrected chi connectivity index (χ4v) is 1.66. The molecule has 1 heterocycles. The number of carbonyl (C=O) groups is 1. The molecule has 0 aromatic carbocycles. The van der Waals surface area contributed by atoms with Gasteiger partial charge in [0.2, 0.25) is 0 Å². The van der Waals surface area contributed by atoms with Crippen molar-refractivity contribution in [2.45, 2.75) is 32.7 Å². The maximum Gasteiger partial charge on any atom is 0.410 e. The van der Waals surface area contributed by atoms with Gasteiger partial charge < -0.3 is 14.5 Å². The minimum atomic E-state index is -0.411. The molecular formula is C11H21BN2O2. The highest BCUT2D eigenvalue weighted by molar-refractivity contribution is 6.08. The SMILES string of the molecule is [B]CCN1CCN(C(=O)OC(C)(C)C)CC1. The maximum absolute atomic E-state index is 11.7. The van der Waals surface area contributed by atoms with Crippen molar-refractivity contribution in [1.29, 1.82) is 0 Å². The molecule has 1 amide bonds. The Morgan fingerprint density at radius 1 is 1.25 bits per heavy atom. The molecule has 0 N–H and O–H groups in total. The van der Waals surface area contributed by atoms with Crippen molar-refractivity contribution < 1.29 is 9.53 Å². The number of carbonyl (C=O) groups excluding carboxylic acids is 1. The molecule has 5 heteroatoms. The molecule has 0 unspecified atom stereocenters. The third-order valence-electron chi connectivity index (χ3n) is 2.47. The fraction of sp³-hybridized carbons (Fsp3) is 0.909. The molecule has 90 valence electrons. The van der Waals surface area contributed by atoms with Crippen LogP contribution < -0.4 is 0 Å². The van der Waals surface area contributed by atoms with Gasteiger partial charge in [-0.1, -0.05) is 6.32 Å². The minimum Gasteiger partial charge on any atom is -0.444 e. The standard InChI is InChI=1S/C11H21BN2O2/c1-11(2,3)16-10(15)14-8-6-13(5-4-12)7-9-14/h4-9H2,1-3H3. The number of hydrogen-bond donors (Lipinski definition) is 0. The molecule has 0 aliphatic carbocycles. The Kier molecular flexibility index (Phi) is 4.65. The van der Waals surface area contributed by atoms with Crippen molar-refractivity contribution in [1.82, 2.24) is 9.80 Å². The Morgan fingerprint density at radius 2 is 1.81 bits per heavy atom. The number of nitrogens with zero attached hydrogens (tertiary/aromatic N) is 2. The predicted molar refractivity (Wildman–Crippen MR) is 64.8 cm³/mol. The van der Waals surface area contributed by atoms with Crippen LogP contribution in [0.15, 0.2) is 0 Å². The number of rotatable bonds is 2. The highest BCUT2D eigenvalue weighted by atomic mass is 16.6. The van der Waals surface area contributed by atoms with E-state index in [1.165, 1.54) is 0 Å². The second kappa shape index (κ2) is 5.57. The topological polar surface area (TPSA) is 32.8 Å². The van der Waals surface area contributed by atoms with Gasteiger partial charge in [-0.05, 0) is 27.3 Å². The van der Waals surface area contributed by atoms with Gasteiger partial charge in [0.25, 0.3) is 0 Å². The normalized spacial score (nSPS) is 18.6. The molecule has 1 rings (SSSR count). The first-order chi connectivity index (χ1) is 7.42. The minimum absolute atomic E-state index is 0.208. The zero-order valence-electron chi connectivity index (χ0n) is 10.5. The summed E-state index contributed by atoms with van der Waals surface area (Å²) in [7, 11) is 5.49. The quantitative estimate of drug-likeness (QED) is 0.659. The molecule has 2 radical (unpaired) electrons. The number of piperazine rings is 1. The lowest BCUT2D eigenvalue weighted by Gasteiger charge is -2.35. The molecule has 0 atom stereocenters. The van der Waals surface area contributed by atoms with Crippen LogP contribution in [0.2, 0.25) is 6.32 Å². The van der Waals surface area contributed by atoms with Crippen LogP contribution in [0.4, 0.5) is 4.79 Å². The van der Waals surface area contributed by atoms with Gasteiger partial charge >= 0.3 is 6.09 Å². The third-order valence-corrected chi connectivity index (χ3v) is 2.47. The zero-order valence-corrected chi connectivity index (χ0v) is 10.5. The monoisotopic (exact) mass is 224 g/mol. The first kappa shape index (κ1) is 13.4. The van der Waals surface area contributed by atoms with Gasteiger partial charge in [0.05, 0.1) is 7.85 Å². The van der Waals surface area contributed by atoms with Gasteiger partial charge in [0.1, 0.15) is 5.60 Å². The summed E-state index contributed by atoms with van der Waals surface area (Å²) in [5, 5.41) is 0. The average Bonchev–Trinajstić information content (AvgIpc) is 2.16. The maximum atomic E-state index is 11.7. The highest BCUT2D eigenvalue weighted by Gasteiger charge is 2.25. The summed E-state index contributed by atoms with van der Waals surface area (Å²) in [5.41, 5.74) is -0.411. The van der Waals surface area contributed by atoms with Crippen molar-refractivity contribution in [2.24, 2.45) is 0 Å². The number of ether oxygens (including phenoxy) is 1. The Balaban J connectivity index is 2.33. The molecule has 0 aromatic heterocycles. The number of amides is 1. The molecule has 4 nitrogen and oxygen atoms in total. The zero-order chi connectivity index (χ0) is 12.2. The van der Waals surface area contributed by atoms with Crippen molar-refractivity contribution in [3.63, 3.8) is 0 Å². The lowest BCUT2D eigenvalue weighted by atomic mass is 10.0. The Hall–Kier alpha value is -0.705. The lowest BCUT2D eigenvalue weighted by molar-refractivity contribution is 0.0149. The molecule has 0 saturated carbocycles. The van der Waals surface area contributed by atoms with Crippen LogP contribution in [-0.4, -0.2) is 62.1 Å². The molecule has 0 aromatic rings. The molecule has 0 bridgehead atoms. The first-order valence-electron chi connectivity index (χ1n) is 5.83. The number of hydrogen-bond acceptors (Lipinski definition) is 3. The van der Waals surface area contributed by atoms with E-state index in [1.807, 2.05) is 20.8 Å². The molecule has 0 spiro atoms. The summed E-state index contributed by atoms with van der Waals surface area (Å²) >= 11 is 0. The van der Waals surface area contributed by atoms with E-state index in [4.69, 9.17) is 12.6 Å². The smallest absolute Gasteiger partial charge is 0.410 e. The summed E-state index contributed by atoms with van der Waals surface area (Å²) in [5.74, 6) is 0. The van der Waals surface area contributed by atoms with E-state index in [0.717, 1.165) is 32.7 Å². The summed E-state index contributed by atoms with van der Waals surface area (Å²) in [6.07, 6.45) is 0.465. The largest absolute Gasteiger partial charge is 0.444 e. The van der Waals surface area contributed by atoms with E-state index in [1.54, 1.807) is 4.90 Å². The molecule has 1 aliphatic heterocycles. The van der Waals surface area contributed by atoms with Gasteiger partial charge in [0.15, 0.2) is 0 Å². The van der Waals surface area contributed by atoms with Crippen LogP contribution in [0.1, 0.15) is 20.8 Å². The van der Waals surface area contributed by atoms with Crippen LogP contribution in [-0.2, 0) is 4.74 Å². The van der Waals surface area contributed by atoms with E-state index in [-0.39, 0.29) is 6.09 Å². The predicted octanol–water partition coefficient (Wildman–Crippen LogP) is 1.13. The van der Waals surface area contributed by atoms with E-state index in [0.29, 0.717) is 6.32 Å². The van der Waals surface area contributed by atoms with Gasteiger partial charge in [-0.2, -0.15) is 0 Å². The molecule has 1 fully saturated rings. The van der Waals surface area contributed by atoms with Gasteiger partial charge in [0, 0.05) is 26.2 Å². The van der Waals surface area contributed by atoms with Crippen molar-refractivity contribution in [2.75, 3.05) is 32.7 Å². The Labute approximate surface area is 99.3 Å². The van der Waals surface area contributed by atoms with E-state index < -0.39 is 5.60 Å². The summed E-state index contributed by atoms with van der Waals surface area (Å²) in [4.78, 5) is 15.8. The summed E-state index contributed by atoms with van der Waals surface area (Å²) in [6, 6.07) is 0. The van der Waals surface area contributed by atoms with Crippen LogP contribution in [0.5, 0.6) is 0 Å². The van der Waals surface area contributed by atoms with Gasteiger partial charge in [-0.25, -0.2) is 4.79 Å².